The van der Waals surface area contributed by atoms with E-state index >= 15 is 0 Å². The quantitative estimate of drug-likeness (QED) is 0.480. The third-order valence-corrected chi connectivity index (χ3v) is 5.98. The summed E-state index contributed by atoms with van der Waals surface area (Å²) in [5.41, 5.74) is 5.84. The maximum atomic E-state index is 12.6. The van der Waals surface area contributed by atoms with E-state index in [9.17, 15) is 4.79 Å². The Kier molecular flexibility index (Phi) is 5.16. The Morgan fingerprint density at radius 2 is 2.04 bits per heavy atom. The van der Waals surface area contributed by atoms with Crippen molar-refractivity contribution in [1.82, 2.24) is 14.8 Å². The van der Waals surface area contributed by atoms with Gasteiger partial charge in [-0.3, -0.25) is 4.79 Å². The Balaban J connectivity index is 1.82. The Morgan fingerprint density at radius 1 is 1.29 bits per heavy atom. The van der Waals surface area contributed by atoms with Crippen molar-refractivity contribution >= 4 is 28.9 Å². The van der Waals surface area contributed by atoms with Gasteiger partial charge in [0.05, 0.1) is 11.8 Å². The number of carbonyl (C=O) groups is 1. The Bertz CT molecular complexity index is 826. The van der Waals surface area contributed by atoms with Gasteiger partial charge in [-0.25, -0.2) is 0 Å². The smallest absolute Gasteiger partial charge is 0.174 e. The number of thioether (sulfide) groups is 1. The first kappa shape index (κ1) is 16.9. The number of nitrogens with zero attached hydrogens (tertiary/aromatic N) is 3. The summed E-state index contributed by atoms with van der Waals surface area (Å²) in [5, 5.41) is 7.77. The molecular weight excluding hydrogens is 338 g/mol. The lowest BCUT2D eigenvalue weighted by atomic mass is 10.1. The molecule has 4 nitrogen and oxygen atoms in total. The summed E-state index contributed by atoms with van der Waals surface area (Å²) in [4.78, 5) is 12.6. The van der Waals surface area contributed by atoms with Crippen LogP contribution in [0.4, 0.5) is 0 Å². The first-order valence-electron chi connectivity index (χ1n) is 7.73. The fraction of sp³-hybridized carbons (Fsp3) is 0.278. The molecule has 0 bridgehead atoms. The summed E-state index contributed by atoms with van der Waals surface area (Å²) in [6.07, 6.45) is 0. The molecule has 0 aliphatic heterocycles. The summed E-state index contributed by atoms with van der Waals surface area (Å²) < 4.78 is 3.06. The van der Waals surface area contributed by atoms with Crippen LogP contribution in [0.1, 0.15) is 40.3 Å². The average molecular weight is 358 g/mol. The fourth-order valence-electron chi connectivity index (χ4n) is 2.97. The van der Waals surface area contributed by atoms with Gasteiger partial charge >= 0.3 is 0 Å². The lowest BCUT2D eigenvalue weighted by Crippen LogP contribution is -2.11. The highest BCUT2D eigenvalue weighted by atomic mass is 32.2. The number of hydrogen-bond acceptors (Lipinski definition) is 5. The highest BCUT2D eigenvalue weighted by Crippen LogP contribution is 2.27. The molecule has 0 aliphatic carbocycles. The molecule has 0 N–H and O–H groups in total. The van der Waals surface area contributed by atoms with E-state index in [-0.39, 0.29) is 11.8 Å². The molecule has 2 heterocycles. The maximum Gasteiger partial charge on any atom is 0.174 e. The van der Waals surface area contributed by atoms with Crippen LogP contribution in [-0.4, -0.2) is 26.3 Å². The van der Waals surface area contributed by atoms with Crippen molar-refractivity contribution in [3.63, 3.8) is 0 Å². The van der Waals surface area contributed by atoms with Crippen LogP contribution < -0.4 is 0 Å². The number of rotatable bonds is 6. The largest absolute Gasteiger partial charge is 0.341 e. The summed E-state index contributed by atoms with van der Waals surface area (Å²) in [7, 11) is 0. The number of aryl methyl sites for hydroxylation is 1. The maximum absolute atomic E-state index is 12.6. The molecule has 1 aromatic carbocycles. The van der Waals surface area contributed by atoms with Crippen molar-refractivity contribution in [3.05, 3.63) is 64.4 Å². The van der Waals surface area contributed by atoms with Crippen molar-refractivity contribution in [2.75, 3.05) is 5.75 Å². The van der Waals surface area contributed by atoms with E-state index in [1.165, 1.54) is 28.7 Å². The van der Waals surface area contributed by atoms with Crippen molar-refractivity contribution in [2.24, 2.45) is 0 Å². The molecule has 124 valence electrons. The minimum Gasteiger partial charge on any atom is -0.341 e. The lowest BCUT2D eigenvalue weighted by Gasteiger charge is -2.19. The zero-order valence-electron chi connectivity index (χ0n) is 13.9. The van der Waals surface area contributed by atoms with Crippen molar-refractivity contribution in [3.8, 4) is 0 Å². The number of aromatic nitrogens is 3. The Morgan fingerprint density at radius 3 is 2.71 bits per heavy atom. The molecule has 0 spiro atoms. The Labute approximate surface area is 149 Å². The predicted octanol–water partition coefficient (Wildman–Crippen LogP) is 4.54. The van der Waals surface area contributed by atoms with E-state index in [4.69, 9.17) is 0 Å². The van der Waals surface area contributed by atoms with Gasteiger partial charge < -0.3 is 4.57 Å². The SMILES string of the molecule is Cc1cc(C(=O)CSc2nncs2)c(C)n1[C@@H](C)c1ccccc1. The Hall–Kier alpha value is -1.92. The van der Waals surface area contributed by atoms with Gasteiger partial charge in [0.25, 0.3) is 0 Å². The molecule has 3 aromatic rings. The van der Waals surface area contributed by atoms with Crippen LogP contribution in [0.3, 0.4) is 0 Å². The second kappa shape index (κ2) is 7.32. The van der Waals surface area contributed by atoms with E-state index in [0.717, 1.165) is 21.3 Å². The molecule has 1 atom stereocenters. The van der Waals surface area contributed by atoms with E-state index in [2.05, 4.69) is 40.7 Å². The second-order valence-corrected chi connectivity index (χ2v) is 7.71. The highest BCUT2D eigenvalue weighted by Gasteiger charge is 2.20. The molecule has 0 radical (unpaired) electrons. The highest BCUT2D eigenvalue weighted by molar-refractivity contribution is 8.01. The van der Waals surface area contributed by atoms with Gasteiger partial charge in [0.1, 0.15) is 5.51 Å². The van der Waals surface area contributed by atoms with Crippen LogP contribution in [0.25, 0.3) is 0 Å². The van der Waals surface area contributed by atoms with Crippen LogP contribution in [0, 0.1) is 13.8 Å². The van der Waals surface area contributed by atoms with Crippen molar-refractivity contribution < 1.29 is 4.79 Å². The van der Waals surface area contributed by atoms with Gasteiger partial charge in [-0.15, -0.1) is 10.2 Å². The first-order valence-corrected chi connectivity index (χ1v) is 9.60. The van der Waals surface area contributed by atoms with E-state index < -0.39 is 0 Å². The minimum atomic E-state index is 0.134. The van der Waals surface area contributed by atoms with Crippen LogP contribution in [0.2, 0.25) is 0 Å². The fourth-order valence-corrected chi connectivity index (χ4v) is 4.34. The van der Waals surface area contributed by atoms with E-state index in [1.807, 2.05) is 31.2 Å². The number of ketones is 1. The van der Waals surface area contributed by atoms with Gasteiger partial charge in [-0.05, 0) is 32.4 Å². The average Bonchev–Trinajstić information content (AvgIpc) is 3.21. The van der Waals surface area contributed by atoms with Crippen LogP contribution in [0.15, 0.2) is 46.2 Å². The summed E-state index contributed by atoms with van der Waals surface area (Å²) >= 11 is 2.90. The lowest BCUT2D eigenvalue weighted by molar-refractivity contribution is 0.102. The zero-order chi connectivity index (χ0) is 17.1. The molecule has 0 amide bonds. The molecule has 0 saturated heterocycles. The zero-order valence-corrected chi connectivity index (χ0v) is 15.5. The molecule has 3 rings (SSSR count). The van der Waals surface area contributed by atoms with Gasteiger partial charge in [0, 0.05) is 17.0 Å². The molecule has 0 fully saturated rings. The molecule has 0 saturated carbocycles. The summed E-state index contributed by atoms with van der Waals surface area (Å²) in [6.45, 7) is 6.25. The monoisotopic (exact) mass is 357 g/mol. The third-order valence-electron chi connectivity index (χ3n) is 4.12. The molecular formula is C18H19N3OS2. The topological polar surface area (TPSA) is 47.8 Å². The third kappa shape index (κ3) is 3.44. The van der Waals surface area contributed by atoms with Crippen molar-refractivity contribution in [2.45, 2.75) is 31.2 Å². The van der Waals surface area contributed by atoms with Crippen molar-refractivity contribution in [1.29, 1.82) is 0 Å². The standard InChI is InChI=1S/C18H19N3OS2/c1-12-9-16(17(22)10-23-18-20-19-11-24-18)14(3)21(12)13(2)15-7-5-4-6-8-15/h4-9,11,13H,10H2,1-3H3/t13-/m0/s1. The van der Waals surface area contributed by atoms with Crippen LogP contribution >= 0.6 is 23.1 Å². The van der Waals surface area contributed by atoms with Gasteiger partial charge in [0.15, 0.2) is 10.1 Å². The summed E-state index contributed by atoms with van der Waals surface area (Å²) in [6, 6.07) is 12.6. The first-order chi connectivity index (χ1) is 11.6. The molecule has 2 aromatic heterocycles. The van der Waals surface area contributed by atoms with Gasteiger partial charge in [-0.2, -0.15) is 0 Å². The molecule has 24 heavy (non-hydrogen) atoms. The molecule has 0 unspecified atom stereocenters. The predicted molar refractivity (Wildman–Crippen MR) is 99.1 cm³/mol. The van der Waals surface area contributed by atoms with E-state index in [0.29, 0.717) is 5.75 Å². The van der Waals surface area contributed by atoms with Gasteiger partial charge in [0.2, 0.25) is 0 Å². The van der Waals surface area contributed by atoms with Gasteiger partial charge in [-0.1, -0.05) is 53.4 Å². The molecule has 0 aliphatic rings. The van der Waals surface area contributed by atoms with E-state index in [1.54, 1.807) is 5.51 Å². The van der Waals surface area contributed by atoms with Crippen LogP contribution in [0.5, 0.6) is 0 Å². The number of Topliss-reactive ketones (excluding diaryl/α,β-unsaturated/α-hetero) is 1. The number of carbonyl (C=O) groups excluding carboxylic acids is 1. The summed E-state index contributed by atoms with van der Waals surface area (Å²) in [5.74, 6) is 0.522. The minimum absolute atomic E-state index is 0.134. The number of hydrogen-bond donors (Lipinski definition) is 0. The second-order valence-electron chi connectivity index (χ2n) is 5.66. The normalized spacial score (nSPS) is 12.3. The number of benzene rings is 1. The molecule has 6 heteroatoms. The van der Waals surface area contributed by atoms with Crippen LogP contribution in [-0.2, 0) is 0 Å².